The summed E-state index contributed by atoms with van der Waals surface area (Å²) in [6.07, 6.45) is 0. The Kier molecular flexibility index (Phi) is 8.40. The van der Waals surface area contributed by atoms with Crippen LogP contribution in [0.1, 0.15) is 13.8 Å². The van der Waals surface area contributed by atoms with Crippen molar-refractivity contribution in [2.24, 2.45) is 0 Å². The average molecular weight is 196 g/mol. The zero-order valence-electron chi connectivity index (χ0n) is 5.48. The Morgan fingerprint density at radius 2 is 1.78 bits per heavy atom. The van der Waals surface area contributed by atoms with Crippen molar-refractivity contribution in [3.05, 3.63) is 0 Å². The van der Waals surface area contributed by atoms with Gasteiger partial charge in [0.05, 0.1) is 0 Å². The van der Waals surface area contributed by atoms with Gasteiger partial charge in [-0.1, -0.05) is 0 Å². The van der Waals surface area contributed by atoms with Gasteiger partial charge in [0, 0.05) is 13.1 Å². The number of carbonyl (C=O) groups is 1. The molecule has 0 aliphatic heterocycles. The predicted octanol–water partition coefficient (Wildman–Crippen LogP) is 0.993. The second-order valence-corrected chi connectivity index (χ2v) is 1.79. The molecule has 0 rings (SSSR count). The van der Waals surface area contributed by atoms with Crippen LogP contribution in [0.5, 0.6) is 0 Å². The van der Waals surface area contributed by atoms with Gasteiger partial charge in [0.2, 0.25) is 0 Å². The van der Waals surface area contributed by atoms with Crippen molar-refractivity contribution >= 4 is 17.9 Å². The SMILES string of the molecule is CCN(CC)C(=O)[S-].[Cu+]. The van der Waals surface area contributed by atoms with Crippen LogP contribution in [0.25, 0.3) is 0 Å². The molecule has 0 bridgehead atoms. The van der Waals surface area contributed by atoms with Crippen molar-refractivity contribution in [1.29, 1.82) is 0 Å². The molecule has 0 heterocycles. The molecule has 0 aliphatic rings. The quantitative estimate of drug-likeness (QED) is 0.484. The summed E-state index contributed by atoms with van der Waals surface area (Å²) in [6.45, 7) is 5.26. The van der Waals surface area contributed by atoms with E-state index < -0.39 is 0 Å². The molecule has 0 aromatic heterocycles. The van der Waals surface area contributed by atoms with Crippen molar-refractivity contribution < 1.29 is 21.9 Å². The van der Waals surface area contributed by atoms with Crippen LogP contribution in [-0.4, -0.2) is 23.2 Å². The Balaban J connectivity index is 0. The number of carbonyl (C=O) groups excluding carboxylic acids is 1. The van der Waals surface area contributed by atoms with E-state index in [1.54, 1.807) is 4.90 Å². The third-order valence-corrected chi connectivity index (χ3v) is 1.28. The van der Waals surface area contributed by atoms with E-state index in [0.717, 1.165) is 13.1 Å². The van der Waals surface area contributed by atoms with Crippen molar-refractivity contribution in [1.82, 2.24) is 4.90 Å². The summed E-state index contributed by atoms with van der Waals surface area (Å²) in [5.74, 6) is 0. The van der Waals surface area contributed by atoms with Gasteiger partial charge in [-0.15, -0.1) is 0 Å². The van der Waals surface area contributed by atoms with Gasteiger partial charge in [0.15, 0.2) is 0 Å². The van der Waals surface area contributed by atoms with Gasteiger partial charge < -0.3 is 22.3 Å². The minimum atomic E-state index is -0.255. The maximum Gasteiger partial charge on any atom is 1.00 e. The largest absolute Gasteiger partial charge is 1.00 e. The van der Waals surface area contributed by atoms with E-state index in [9.17, 15) is 4.79 Å². The van der Waals surface area contributed by atoms with E-state index in [1.165, 1.54) is 0 Å². The Hall–Kier alpha value is 0.209. The Morgan fingerprint density at radius 3 is 1.78 bits per heavy atom. The fourth-order valence-corrected chi connectivity index (χ4v) is 0.740. The van der Waals surface area contributed by atoms with Gasteiger partial charge in [-0.25, -0.2) is 0 Å². The fourth-order valence-electron chi connectivity index (χ4n) is 0.482. The smallest absolute Gasteiger partial charge is 0.719 e. The van der Waals surface area contributed by atoms with Gasteiger partial charge in [-0.05, 0) is 13.8 Å². The predicted molar refractivity (Wildman–Crippen MR) is 35.7 cm³/mol. The van der Waals surface area contributed by atoms with E-state index in [-0.39, 0.29) is 22.3 Å². The molecule has 58 valence electrons. The number of hydrogen-bond donors (Lipinski definition) is 0. The molecule has 1 amide bonds. The molecular weight excluding hydrogens is 186 g/mol. The van der Waals surface area contributed by atoms with Gasteiger partial charge in [0.25, 0.3) is 0 Å². The molecule has 0 radical (unpaired) electrons. The van der Waals surface area contributed by atoms with Crippen LogP contribution in [0.15, 0.2) is 0 Å². The first-order valence-corrected chi connectivity index (χ1v) is 3.09. The van der Waals surface area contributed by atoms with Crippen LogP contribution < -0.4 is 0 Å². The molecule has 0 aromatic rings. The van der Waals surface area contributed by atoms with E-state index in [4.69, 9.17) is 0 Å². The first-order chi connectivity index (χ1) is 3.72. The molecule has 2 nitrogen and oxygen atoms in total. The Bertz CT molecular complexity index is 85.0. The number of amides is 1. The molecular formula is C5H10CuNOS. The summed E-state index contributed by atoms with van der Waals surface area (Å²) < 4.78 is 0. The van der Waals surface area contributed by atoms with Crippen LogP contribution >= 0.6 is 0 Å². The van der Waals surface area contributed by atoms with Crippen molar-refractivity contribution in [2.45, 2.75) is 13.8 Å². The van der Waals surface area contributed by atoms with Crippen LogP contribution in [0.3, 0.4) is 0 Å². The van der Waals surface area contributed by atoms with E-state index in [0.29, 0.717) is 0 Å². The summed E-state index contributed by atoms with van der Waals surface area (Å²) in [7, 11) is 0. The van der Waals surface area contributed by atoms with Crippen LogP contribution in [0.4, 0.5) is 4.79 Å². The molecule has 0 fully saturated rings. The standard InChI is InChI=1S/C5H11NOS.Cu/c1-3-6(4-2)5(7)8;/h3-4H2,1-2H3,(H,7,8);/q;+1/p-1. The minimum Gasteiger partial charge on any atom is -0.719 e. The summed E-state index contributed by atoms with van der Waals surface area (Å²) in [6, 6.07) is 0. The first-order valence-electron chi connectivity index (χ1n) is 2.68. The summed E-state index contributed by atoms with van der Waals surface area (Å²) in [5.41, 5.74) is 0. The normalized spacial score (nSPS) is 7.78. The number of rotatable bonds is 2. The van der Waals surface area contributed by atoms with Crippen LogP contribution in [0, 0.1) is 0 Å². The second kappa shape index (κ2) is 6.33. The molecule has 0 saturated carbocycles. The second-order valence-electron chi connectivity index (χ2n) is 1.44. The van der Waals surface area contributed by atoms with E-state index in [2.05, 4.69) is 12.6 Å². The summed E-state index contributed by atoms with van der Waals surface area (Å²) >= 11 is 4.39. The number of hydrogen-bond acceptors (Lipinski definition) is 2. The van der Waals surface area contributed by atoms with Crippen LogP contribution in [-0.2, 0) is 29.7 Å². The Labute approximate surface area is 71.9 Å². The molecule has 0 aliphatic carbocycles. The van der Waals surface area contributed by atoms with Gasteiger partial charge in [-0.2, -0.15) is 0 Å². The van der Waals surface area contributed by atoms with Gasteiger partial charge in [-0.3, -0.25) is 0 Å². The number of nitrogens with zero attached hydrogens (tertiary/aromatic N) is 1. The van der Waals surface area contributed by atoms with Gasteiger partial charge in [0.1, 0.15) is 5.24 Å². The average Bonchev–Trinajstić information content (AvgIpc) is 1.69. The first kappa shape index (κ1) is 11.9. The molecule has 9 heavy (non-hydrogen) atoms. The van der Waals surface area contributed by atoms with Crippen molar-refractivity contribution in [2.75, 3.05) is 13.1 Å². The van der Waals surface area contributed by atoms with Gasteiger partial charge >= 0.3 is 17.1 Å². The fraction of sp³-hybridized carbons (Fsp3) is 0.800. The molecule has 0 aromatic carbocycles. The van der Waals surface area contributed by atoms with E-state index in [1.807, 2.05) is 13.8 Å². The summed E-state index contributed by atoms with van der Waals surface area (Å²) in [5, 5.41) is -0.255. The Morgan fingerprint density at radius 1 is 1.44 bits per heavy atom. The maximum atomic E-state index is 10.3. The third-order valence-electron chi connectivity index (χ3n) is 1.02. The molecule has 0 unspecified atom stereocenters. The topological polar surface area (TPSA) is 20.3 Å². The third kappa shape index (κ3) is 4.70. The molecule has 0 atom stereocenters. The van der Waals surface area contributed by atoms with Crippen LogP contribution in [0.2, 0.25) is 0 Å². The molecule has 0 N–H and O–H groups in total. The summed E-state index contributed by atoms with van der Waals surface area (Å²) in [4.78, 5) is 11.9. The maximum absolute atomic E-state index is 10.3. The molecule has 0 saturated heterocycles. The molecule has 4 heteroatoms. The van der Waals surface area contributed by atoms with Crippen molar-refractivity contribution in [3.63, 3.8) is 0 Å². The minimum absolute atomic E-state index is 0. The zero-order chi connectivity index (χ0) is 6.57. The monoisotopic (exact) mass is 195 g/mol. The molecule has 0 spiro atoms. The van der Waals surface area contributed by atoms with E-state index >= 15 is 0 Å². The zero-order valence-corrected chi connectivity index (χ0v) is 7.24. The van der Waals surface area contributed by atoms with Crippen molar-refractivity contribution in [3.8, 4) is 0 Å².